The Labute approximate surface area is 215 Å². The lowest BCUT2D eigenvalue weighted by Crippen LogP contribution is -2.11. The quantitative estimate of drug-likeness (QED) is 0.110. The molecule has 0 bridgehead atoms. The minimum atomic E-state index is -0.305. The molecule has 35 heavy (non-hydrogen) atoms. The maximum atomic E-state index is 10.7. The zero-order chi connectivity index (χ0) is 26.7. The fraction of sp³-hybridized carbons (Fsp3) is 0.889. The Hall–Kier alpha value is -1.03. The molecule has 0 amide bonds. The summed E-state index contributed by atoms with van der Waals surface area (Å²) in [6.07, 6.45) is 14.2. The molecule has 0 saturated heterocycles. The third kappa shape index (κ3) is 46.9. The first-order chi connectivity index (χ1) is 17.1. The zero-order valence-corrected chi connectivity index (χ0v) is 23.0. The molecule has 0 aliphatic heterocycles. The van der Waals surface area contributed by atoms with Crippen LogP contribution in [0.2, 0.25) is 0 Å². The van der Waals surface area contributed by atoms with E-state index in [-0.39, 0.29) is 19.2 Å². The topological polar surface area (TPSA) is 104 Å². The molecule has 0 rings (SSSR count). The first-order valence-corrected chi connectivity index (χ1v) is 13.5. The van der Waals surface area contributed by atoms with Gasteiger partial charge in [0.25, 0.3) is 0 Å². The van der Waals surface area contributed by atoms with Crippen LogP contribution in [-0.2, 0) is 28.5 Å². The lowest BCUT2D eigenvalue weighted by atomic mass is 10.1. The fourth-order valence-electron chi connectivity index (χ4n) is 2.70. The molecule has 0 aromatic rings. The van der Waals surface area contributed by atoms with E-state index in [1.54, 1.807) is 0 Å². The van der Waals surface area contributed by atoms with Gasteiger partial charge in [0.05, 0.1) is 59.5 Å². The number of esters is 1. The van der Waals surface area contributed by atoms with Crippen molar-refractivity contribution in [3.63, 3.8) is 0 Å². The van der Waals surface area contributed by atoms with Crippen molar-refractivity contribution in [1.29, 1.82) is 0 Å². The summed E-state index contributed by atoms with van der Waals surface area (Å²) in [6.45, 7) is 14.6. The van der Waals surface area contributed by atoms with Gasteiger partial charge in [-0.2, -0.15) is 0 Å². The Morgan fingerprint density at radius 3 is 1.34 bits per heavy atom. The van der Waals surface area contributed by atoms with Gasteiger partial charge in [-0.05, 0) is 20.3 Å². The highest BCUT2D eigenvalue weighted by atomic mass is 16.5. The summed E-state index contributed by atoms with van der Waals surface area (Å²) < 4.78 is 24.8. The number of hydrogen-bond donors (Lipinski definition) is 2. The second kappa shape index (κ2) is 40.2. The Balaban J connectivity index is -0.000000502. The number of rotatable bonds is 24. The number of aliphatic hydroxyl groups is 2. The molecule has 0 aromatic heterocycles. The van der Waals surface area contributed by atoms with E-state index in [2.05, 4.69) is 13.5 Å². The van der Waals surface area contributed by atoms with Gasteiger partial charge in [0.1, 0.15) is 0 Å². The van der Waals surface area contributed by atoms with E-state index in [1.807, 2.05) is 13.8 Å². The molecule has 0 atom stereocenters. The Morgan fingerprint density at radius 1 is 0.600 bits per heavy atom. The number of ether oxygens (including phenoxy) is 5. The monoisotopic (exact) mass is 508 g/mol. The zero-order valence-electron chi connectivity index (χ0n) is 23.0. The van der Waals surface area contributed by atoms with Crippen molar-refractivity contribution in [3.05, 3.63) is 12.7 Å². The fourth-order valence-corrected chi connectivity index (χ4v) is 2.70. The van der Waals surface area contributed by atoms with Crippen molar-refractivity contribution in [3.8, 4) is 0 Å². The third-order valence-corrected chi connectivity index (χ3v) is 4.53. The molecule has 0 fully saturated rings. The van der Waals surface area contributed by atoms with E-state index >= 15 is 0 Å². The Morgan fingerprint density at radius 2 is 1.00 bits per heavy atom. The normalized spacial score (nSPS) is 10.1. The van der Waals surface area contributed by atoms with Crippen LogP contribution in [0.15, 0.2) is 12.7 Å². The van der Waals surface area contributed by atoms with E-state index in [0.29, 0.717) is 46.2 Å². The molecule has 0 spiro atoms. The molecule has 0 unspecified atom stereocenters. The summed E-state index contributed by atoms with van der Waals surface area (Å²) in [7, 11) is 0. The molecule has 0 aliphatic carbocycles. The summed E-state index contributed by atoms with van der Waals surface area (Å²) in [4.78, 5) is 10.7. The van der Waals surface area contributed by atoms with Gasteiger partial charge in [-0.15, -0.1) is 0 Å². The number of carbonyl (C=O) groups excluding carboxylic acids is 1. The summed E-state index contributed by atoms with van der Waals surface area (Å²) in [5.74, 6) is -0.305. The number of carbonyl (C=O) groups is 1. The van der Waals surface area contributed by atoms with Gasteiger partial charge in [0.15, 0.2) is 0 Å². The molecular weight excluding hydrogens is 452 g/mol. The van der Waals surface area contributed by atoms with Crippen molar-refractivity contribution in [2.24, 2.45) is 0 Å². The molecule has 2 N–H and O–H groups in total. The molecule has 0 aliphatic rings. The maximum Gasteiger partial charge on any atom is 0.330 e. The summed E-state index contributed by atoms with van der Waals surface area (Å²) in [5, 5.41) is 16.7. The van der Waals surface area contributed by atoms with Crippen molar-refractivity contribution in [1.82, 2.24) is 0 Å². The standard InChI is InChI=1S/C15H28O2.C8H18O5.C4H10O/c1-3-5-6-7-8-9-10-11-12-13-14-17-15(16)4-2;9-1-3-11-5-7-13-8-6-12-4-2-10;1-3-5-4-2/h4H,2-3,5-14H2,1H3;9-10H,1-8H2;3-4H2,1-2H3. The molecule has 212 valence electrons. The average Bonchev–Trinajstić information content (AvgIpc) is 2.87. The third-order valence-electron chi connectivity index (χ3n) is 4.53. The minimum Gasteiger partial charge on any atom is -0.463 e. The summed E-state index contributed by atoms with van der Waals surface area (Å²) >= 11 is 0. The van der Waals surface area contributed by atoms with Crippen LogP contribution in [-0.4, -0.2) is 88.9 Å². The second-order valence-electron chi connectivity index (χ2n) is 7.62. The largest absolute Gasteiger partial charge is 0.463 e. The van der Waals surface area contributed by atoms with Crippen molar-refractivity contribution in [2.75, 3.05) is 72.7 Å². The highest BCUT2D eigenvalue weighted by Gasteiger charge is 1.96. The van der Waals surface area contributed by atoms with Crippen LogP contribution in [0.5, 0.6) is 0 Å². The minimum absolute atomic E-state index is 0.0413. The lowest BCUT2D eigenvalue weighted by molar-refractivity contribution is -0.137. The van der Waals surface area contributed by atoms with E-state index in [4.69, 9.17) is 33.9 Å². The molecule has 8 nitrogen and oxygen atoms in total. The Bertz CT molecular complexity index is 368. The van der Waals surface area contributed by atoms with E-state index in [1.165, 1.54) is 63.9 Å². The predicted octanol–water partition coefficient (Wildman–Crippen LogP) is 4.70. The SMILES string of the molecule is C=CC(=O)OCCCCCCCCCCCC.CCOCC.OCCOCCOCCOCCO. The van der Waals surface area contributed by atoms with Crippen molar-refractivity contribution >= 4 is 5.97 Å². The van der Waals surface area contributed by atoms with Crippen LogP contribution in [0.25, 0.3) is 0 Å². The van der Waals surface area contributed by atoms with Crippen LogP contribution < -0.4 is 0 Å². The van der Waals surface area contributed by atoms with Crippen LogP contribution in [0.3, 0.4) is 0 Å². The highest BCUT2D eigenvalue weighted by molar-refractivity contribution is 5.81. The number of aliphatic hydroxyl groups excluding tert-OH is 2. The summed E-state index contributed by atoms with van der Waals surface area (Å²) in [5.41, 5.74) is 0. The summed E-state index contributed by atoms with van der Waals surface area (Å²) in [6, 6.07) is 0. The van der Waals surface area contributed by atoms with Crippen LogP contribution in [0.1, 0.15) is 85.0 Å². The molecule has 0 saturated carbocycles. The van der Waals surface area contributed by atoms with E-state index in [9.17, 15) is 4.79 Å². The average molecular weight is 509 g/mol. The lowest BCUT2D eigenvalue weighted by Gasteiger charge is -2.04. The van der Waals surface area contributed by atoms with Crippen molar-refractivity contribution < 1.29 is 38.7 Å². The van der Waals surface area contributed by atoms with Gasteiger partial charge < -0.3 is 33.9 Å². The van der Waals surface area contributed by atoms with Crippen LogP contribution in [0.4, 0.5) is 0 Å². The van der Waals surface area contributed by atoms with Gasteiger partial charge in [0, 0.05) is 19.3 Å². The second-order valence-corrected chi connectivity index (χ2v) is 7.62. The van der Waals surface area contributed by atoms with Gasteiger partial charge >= 0.3 is 5.97 Å². The highest BCUT2D eigenvalue weighted by Crippen LogP contribution is 2.10. The first-order valence-electron chi connectivity index (χ1n) is 13.5. The molecule has 0 radical (unpaired) electrons. The predicted molar refractivity (Wildman–Crippen MR) is 142 cm³/mol. The van der Waals surface area contributed by atoms with Crippen LogP contribution in [0, 0.1) is 0 Å². The Kier molecular flexibility index (Phi) is 44.2. The first kappa shape index (κ1) is 38.5. The molecule has 8 heteroatoms. The smallest absolute Gasteiger partial charge is 0.330 e. The number of unbranched alkanes of at least 4 members (excludes halogenated alkanes) is 9. The number of hydrogen-bond acceptors (Lipinski definition) is 8. The molecule has 0 aromatic carbocycles. The van der Waals surface area contributed by atoms with E-state index < -0.39 is 0 Å². The van der Waals surface area contributed by atoms with Gasteiger partial charge in [-0.25, -0.2) is 4.79 Å². The van der Waals surface area contributed by atoms with Gasteiger partial charge in [-0.3, -0.25) is 0 Å². The molecule has 0 heterocycles. The van der Waals surface area contributed by atoms with Crippen molar-refractivity contribution in [2.45, 2.75) is 85.0 Å². The molecular formula is C27H56O8. The van der Waals surface area contributed by atoms with E-state index in [0.717, 1.165) is 19.6 Å². The van der Waals surface area contributed by atoms with Gasteiger partial charge in [0.2, 0.25) is 0 Å². The van der Waals surface area contributed by atoms with Gasteiger partial charge in [-0.1, -0.05) is 71.3 Å². The van der Waals surface area contributed by atoms with Crippen LogP contribution >= 0.6 is 0 Å². The maximum absolute atomic E-state index is 10.7.